The fourth-order valence-electron chi connectivity index (χ4n) is 1.77. The molecule has 0 N–H and O–H groups in total. The molecule has 0 amide bonds. The van der Waals surface area contributed by atoms with Crippen molar-refractivity contribution in [2.45, 2.75) is 6.92 Å². The Hall–Kier alpha value is -2.48. The summed E-state index contributed by atoms with van der Waals surface area (Å²) in [5.41, 5.74) is 2.69. The Morgan fingerprint density at radius 2 is 1.74 bits per heavy atom. The van der Waals surface area contributed by atoms with Crippen LogP contribution in [0.25, 0.3) is 11.6 Å². The van der Waals surface area contributed by atoms with E-state index in [1.165, 1.54) is 0 Å². The van der Waals surface area contributed by atoms with Crippen LogP contribution in [0.15, 0.2) is 67.0 Å². The molecule has 19 heavy (non-hydrogen) atoms. The summed E-state index contributed by atoms with van der Waals surface area (Å²) in [7, 11) is 0. The minimum Gasteiger partial charge on any atom is -0.294 e. The van der Waals surface area contributed by atoms with Gasteiger partial charge in [-0.15, -0.1) is 0 Å². The van der Waals surface area contributed by atoms with E-state index in [-0.39, 0.29) is 5.78 Å². The molecular weight excluding hydrogens is 234 g/mol. The van der Waals surface area contributed by atoms with Crippen LogP contribution < -0.4 is 0 Å². The summed E-state index contributed by atoms with van der Waals surface area (Å²) in [5.74, 6) is 0.0453. The predicted molar refractivity (Wildman–Crippen MR) is 78.4 cm³/mol. The number of carbonyl (C=O) groups excluding carboxylic acids is 1. The third-order valence-corrected chi connectivity index (χ3v) is 2.72. The lowest BCUT2D eigenvalue weighted by molar-refractivity contribution is -0.111. The molecule has 2 heteroatoms. The van der Waals surface area contributed by atoms with E-state index in [0.29, 0.717) is 5.57 Å². The first-order chi connectivity index (χ1) is 9.27. The number of hydrogen-bond donors (Lipinski definition) is 0. The summed E-state index contributed by atoms with van der Waals surface area (Å²) in [4.78, 5) is 15.6. The summed E-state index contributed by atoms with van der Waals surface area (Å²) in [6.45, 7) is 1.57. The van der Waals surface area contributed by atoms with Crippen LogP contribution in [-0.4, -0.2) is 10.8 Å². The summed E-state index contributed by atoms with van der Waals surface area (Å²) < 4.78 is 0. The smallest absolute Gasteiger partial charge is 0.160 e. The number of benzene rings is 1. The SMILES string of the molecule is CC(=O)C(=CC=Cc1ccccc1)c1ccncc1. The average molecular weight is 249 g/mol. The van der Waals surface area contributed by atoms with E-state index in [4.69, 9.17) is 0 Å². The number of allylic oxidation sites excluding steroid dienone is 3. The second-order valence-electron chi connectivity index (χ2n) is 4.14. The summed E-state index contributed by atoms with van der Waals surface area (Å²) in [6.07, 6.45) is 9.08. The van der Waals surface area contributed by atoms with Gasteiger partial charge >= 0.3 is 0 Å². The molecule has 0 bridgehead atoms. The quantitative estimate of drug-likeness (QED) is 0.610. The van der Waals surface area contributed by atoms with Gasteiger partial charge in [0, 0.05) is 18.0 Å². The van der Waals surface area contributed by atoms with Gasteiger partial charge in [-0.2, -0.15) is 0 Å². The number of aromatic nitrogens is 1. The van der Waals surface area contributed by atoms with Crippen LogP contribution in [0.4, 0.5) is 0 Å². The van der Waals surface area contributed by atoms with E-state index in [1.54, 1.807) is 19.3 Å². The molecule has 2 aromatic rings. The highest BCUT2D eigenvalue weighted by Crippen LogP contribution is 2.14. The Labute approximate surface area is 113 Å². The number of rotatable bonds is 4. The molecule has 0 aliphatic rings. The molecule has 0 fully saturated rings. The van der Waals surface area contributed by atoms with E-state index < -0.39 is 0 Å². The van der Waals surface area contributed by atoms with Gasteiger partial charge in [-0.25, -0.2) is 0 Å². The van der Waals surface area contributed by atoms with Crippen LogP contribution in [0.1, 0.15) is 18.1 Å². The molecule has 0 saturated carbocycles. The van der Waals surface area contributed by atoms with Crippen molar-refractivity contribution in [3.8, 4) is 0 Å². The van der Waals surface area contributed by atoms with Crippen molar-refractivity contribution in [1.82, 2.24) is 4.98 Å². The number of Topliss-reactive ketones (excluding diaryl/α,β-unsaturated/α-hetero) is 1. The summed E-state index contributed by atoms with van der Waals surface area (Å²) in [6, 6.07) is 13.7. The van der Waals surface area contributed by atoms with E-state index in [0.717, 1.165) is 11.1 Å². The van der Waals surface area contributed by atoms with Gasteiger partial charge in [0.15, 0.2) is 5.78 Å². The molecule has 1 aromatic heterocycles. The van der Waals surface area contributed by atoms with Gasteiger partial charge in [0.25, 0.3) is 0 Å². The lowest BCUT2D eigenvalue weighted by Crippen LogP contribution is -1.95. The van der Waals surface area contributed by atoms with Gasteiger partial charge in [0.1, 0.15) is 0 Å². The second kappa shape index (κ2) is 6.45. The number of nitrogens with zero attached hydrogens (tertiary/aromatic N) is 1. The van der Waals surface area contributed by atoms with Gasteiger partial charge in [-0.05, 0) is 30.2 Å². The van der Waals surface area contributed by atoms with Gasteiger partial charge in [-0.3, -0.25) is 9.78 Å². The van der Waals surface area contributed by atoms with E-state index in [2.05, 4.69) is 4.98 Å². The largest absolute Gasteiger partial charge is 0.294 e. The van der Waals surface area contributed by atoms with Crippen LogP contribution in [0.3, 0.4) is 0 Å². The van der Waals surface area contributed by atoms with Gasteiger partial charge in [-0.1, -0.05) is 48.6 Å². The Bertz CT molecular complexity index is 598. The van der Waals surface area contributed by atoms with Crippen molar-refractivity contribution in [2.75, 3.05) is 0 Å². The summed E-state index contributed by atoms with van der Waals surface area (Å²) >= 11 is 0. The summed E-state index contributed by atoms with van der Waals surface area (Å²) in [5, 5.41) is 0. The van der Waals surface area contributed by atoms with Crippen molar-refractivity contribution in [3.63, 3.8) is 0 Å². The minimum atomic E-state index is 0.0453. The Morgan fingerprint density at radius 3 is 2.37 bits per heavy atom. The highest BCUT2D eigenvalue weighted by atomic mass is 16.1. The average Bonchev–Trinajstić information content (AvgIpc) is 2.45. The molecule has 0 unspecified atom stereocenters. The fraction of sp³-hybridized carbons (Fsp3) is 0.0588. The maximum Gasteiger partial charge on any atom is 0.160 e. The minimum absolute atomic E-state index is 0.0453. The molecule has 0 aliphatic heterocycles. The van der Waals surface area contributed by atoms with E-state index in [1.807, 2.05) is 60.7 Å². The zero-order chi connectivity index (χ0) is 13.5. The lowest BCUT2D eigenvalue weighted by Gasteiger charge is -2.01. The van der Waals surface area contributed by atoms with Gasteiger partial charge in [0.05, 0.1) is 0 Å². The number of ketones is 1. The molecule has 1 aromatic carbocycles. The molecule has 2 nitrogen and oxygen atoms in total. The first-order valence-electron chi connectivity index (χ1n) is 6.12. The Morgan fingerprint density at radius 1 is 1.05 bits per heavy atom. The second-order valence-corrected chi connectivity index (χ2v) is 4.14. The third-order valence-electron chi connectivity index (χ3n) is 2.72. The van der Waals surface area contributed by atoms with Crippen molar-refractivity contribution in [1.29, 1.82) is 0 Å². The topological polar surface area (TPSA) is 30.0 Å². The zero-order valence-electron chi connectivity index (χ0n) is 10.8. The lowest BCUT2D eigenvalue weighted by atomic mass is 10.0. The number of carbonyl (C=O) groups is 1. The molecule has 0 aliphatic carbocycles. The van der Waals surface area contributed by atoms with Crippen molar-refractivity contribution in [2.24, 2.45) is 0 Å². The van der Waals surface area contributed by atoms with Gasteiger partial charge < -0.3 is 0 Å². The normalized spacial score (nSPS) is 11.7. The molecular formula is C17H15NO. The van der Waals surface area contributed by atoms with Crippen molar-refractivity contribution >= 4 is 17.4 Å². The highest BCUT2D eigenvalue weighted by Gasteiger charge is 2.04. The molecule has 94 valence electrons. The molecule has 2 rings (SSSR count). The van der Waals surface area contributed by atoms with Crippen LogP contribution in [0, 0.1) is 0 Å². The number of hydrogen-bond acceptors (Lipinski definition) is 2. The van der Waals surface area contributed by atoms with Gasteiger partial charge in [0.2, 0.25) is 0 Å². The number of pyridine rings is 1. The Balaban J connectivity index is 2.24. The van der Waals surface area contributed by atoms with Crippen molar-refractivity contribution in [3.05, 3.63) is 78.1 Å². The molecule has 0 atom stereocenters. The van der Waals surface area contributed by atoms with Crippen molar-refractivity contribution < 1.29 is 4.79 Å². The highest BCUT2D eigenvalue weighted by molar-refractivity contribution is 6.19. The first kappa shape index (κ1) is 13.0. The fourth-order valence-corrected chi connectivity index (χ4v) is 1.77. The molecule has 0 saturated heterocycles. The maximum atomic E-state index is 11.7. The predicted octanol–water partition coefficient (Wildman–Crippen LogP) is 3.77. The molecule has 1 heterocycles. The van der Waals surface area contributed by atoms with Crippen LogP contribution in [0.2, 0.25) is 0 Å². The van der Waals surface area contributed by atoms with Crippen LogP contribution in [-0.2, 0) is 4.79 Å². The Kier molecular flexibility index (Phi) is 4.40. The van der Waals surface area contributed by atoms with E-state index in [9.17, 15) is 4.79 Å². The van der Waals surface area contributed by atoms with Crippen LogP contribution in [0.5, 0.6) is 0 Å². The zero-order valence-corrected chi connectivity index (χ0v) is 10.8. The third kappa shape index (κ3) is 3.75. The first-order valence-corrected chi connectivity index (χ1v) is 6.12. The maximum absolute atomic E-state index is 11.7. The van der Waals surface area contributed by atoms with E-state index >= 15 is 0 Å². The van der Waals surface area contributed by atoms with Crippen LogP contribution >= 0.6 is 0 Å². The molecule has 0 spiro atoms. The standard InChI is InChI=1S/C17H15NO/c1-14(19)17(16-10-12-18-13-11-16)9-5-8-15-6-3-2-4-7-15/h2-13H,1H3. The molecule has 0 radical (unpaired) electrons. The monoisotopic (exact) mass is 249 g/mol.